The van der Waals surface area contributed by atoms with E-state index in [1.807, 2.05) is 6.07 Å². The molecule has 0 aliphatic carbocycles. The Labute approximate surface area is 111 Å². The van der Waals surface area contributed by atoms with Gasteiger partial charge in [-0.15, -0.1) is 0 Å². The third-order valence-corrected chi connectivity index (χ3v) is 3.13. The van der Waals surface area contributed by atoms with Gasteiger partial charge in [-0.05, 0) is 25.0 Å². The maximum Gasteiger partial charge on any atom is 0.344 e. The van der Waals surface area contributed by atoms with Crippen molar-refractivity contribution >= 4 is 17.6 Å². The highest BCUT2D eigenvalue weighted by atomic mass is 16.5. The van der Waals surface area contributed by atoms with Gasteiger partial charge in [0.15, 0.2) is 6.10 Å². The molecule has 1 saturated heterocycles. The summed E-state index contributed by atoms with van der Waals surface area (Å²) in [7, 11) is 0. The molecule has 0 aromatic heterocycles. The van der Waals surface area contributed by atoms with E-state index in [0.717, 1.165) is 12.1 Å². The van der Waals surface area contributed by atoms with Crippen LogP contribution in [0.1, 0.15) is 26.2 Å². The summed E-state index contributed by atoms with van der Waals surface area (Å²) in [6, 6.07) is 7.02. The lowest BCUT2D eigenvalue weighted by molar-refractivity contribution is -0.145. The van der Waals surface area contributed by atoms with Crippen molar-refractivity contribution in [3.63, 3.8) is 0 Å². The van der Waals surface area contributed by atoms with Gasteiger partial charge in [-0.3, -0.25) is 4.79 Å². The summed E-state index contributed by atoms with van der Waals surface area (Å²) in [6.07, 6.45) is 0.959. The first kappa shape index (κ1) is 13.4. The SMILES string of the molecule is CCC(Oc1cccc(N2CCCC2=O)c1)C(=O)O. The third kappa shape index (κ3) is 3.05. The number of aliphatic carboxylic acids is 1. The Morgan fingerprint density at radius 3 is 2.89 bits per heavy atom. The van der Waals surface area contributed by atoms with Crippen LogP contribution in [-0.4, -0.2) is 29.6 Å². The summed E-state index contributed by atoms with van der Waals surface area (Å²) in [4.78, 5) is 24.3. The number of carboxylic acids is 1. The van der Waals surface area contributed by atoms with Crippen molar-refractivity contribution in [2.24, 2.45) is 0 Å². The standard InChI is InChI=1S/C14H17NO4/c1-2-12(14(17)18)19-11-6-3-5-10(9-11)15-8-4-7-13(15)16/h3,5-6,9,12H,2,4,7-8H2,1H3,(H,17,18). The summed E-state index contributed by atoms with van der Waals surface area (Å²) >= 11 is 0. The number of amides is 1. The number of ether oxygens (including phenoxy) is 1. The molecule has 1 aliphatic rings. The second-order valence-electron chi connectivity index (χ2n) is 4.50. The van der Waals surface area contributed by atoms with Crippen LogP contribution in [0.2, 0.25) is 0 Å². The summed E-state index contributed by atoms with van der Waals surface area (Å²) < 4.78 is 5.42. The van der Waals surface area contributed by atoms with Gasteiger partial charge in [0.2, 0.25) is 5.91 Å². The third-order valence-electron chi connectivity index (χ3n) is 3.13. The predicted octanol–water partition coefficient (Wildman–Crippen LogP) is 2.06. The normalized spacial score (nSPS) is 16.5. The number of rotatable bonds is 5. The lowest BCUT2D eigenvalue weighted by atomic mass is 10.2. The van der Waals surface area contributed by atoms with E-state index in [4.69, 9.17) is 9.84 Å². The Balaban J connectivity index is 2.15. The molecule has 1 heterocycles. The van der Waals surface area contributed by atoms with Crippen molar-refractivity contribution < 1.29 is 19.4 Å². The number of nitrogens with zero attached hydrogens (tertiary/aromatic N) is 1. The van der Waals surface area contributed by atoms with Crippen LogP contribution in [0.4, 0.5) is 5.69 Å². The van der Waals surface area contributed by atoms with Crippen molar-refractivity contribution in [2.45, 2.75) is 32.3 Å². The number of hydrogen-bond acceptors (Lipinski definition) is 3. The van der Waals surface area contributed by atoms with Gasteiger partial charge in [0.25, 0.3) is 0 Å². The number of carboxylic acid groups (broad SMARTS) is 1. The van der Waals surface area contributed by atoms with E-state index in [0.29, 0.717) is 25.1 Å². The fourth-order valence-electron chi connectivity index (χ4n) is 2.12. The van der Waals surface area contributed by atoms with Crippen molar-refractivity contribution in [3.8, 4) is 5.75 Å². The Morgan fingerprint density at radius 2 is 2.32 bits per heavy atom. The van der Waals surface area contributed by atoms with E-state index in [9.17, 15) is 9.59 Å². The Morgan fingerprint density at radius 1 is 1.53 bits per heavy atom. The Bertz CT molecular complexity index is 486. The molecule has 19 heavy (non-hydrogen) atoms. The van der Waals surface area contributed by atoms with Gasteiger partial charge < -0.3 is 14.7 Å². The maximum atomic E-state index is 11.7. The lowest BCUT2D eigenvalue weighted by Gasteiger charge is -2.18. The molecule has 1 fully saturated rings. The smallest absolute Gasteiger partial charge is 0.344 e. The number of carbonyl (C=O) groups excluding carboxylic acids is 1. The molecule has 5 heteroatoms. The first-order valence-electron chi connectivity index (χ1n) is 6.41. The average Bonchev–Trinajstić information content (AvgIpc) is 2.82. The Hall–Kier alpha value is -2.04. The van der Waals surface area contributed by atoms with Crippen molar-refractivity contribution in [3.05, 3.63) is 24.3 Å². The molecule has 0 radical (unpaired) electrons. The molecule has 1 unspecified atom stereocenters. The van der Waals surface area contributed by atoms with E-state index in [1.165, 1.54) is 0 Å². The molecule has 0 spiro atoms. The van der Waals surface area contributed by atoms with Crippen LogP contribution in [0.5, 0.6) is 5.75 Å². The van der Waals surface area contributed by atoms with E-state index in [1.54, 1.807) is 30.0 Å². The zero-order chi connectivity index (χ0) is 13.8. The van der Waals surface area contributed by atoms with Gasteiger partial charge >= 0.3 is 5.97 Å². The van der Waals surface area contributed by atoms with Crippen LogP contribution >= 0.6 is 0 Å². The lowest BCUT2D eigenvalue weighted by Crippen LogP contribution is -2.26. The van der Waals surface area contributed by atoms with Crippen molar-refractivity contribution in [1.29, 1.82) is 0 Å². The van der Waals surface area contributed by atoms with E-state index >= 15 is 0 Å². The molecule has 1 aromatic carbocycles. The van der Waals surface area contributed by atoms with E-state index < -0.39 is 12.1 Å². The minimum absolute atomic E-state index is 0.0995. The Kier molecular flexibility index (Phi) is 4.04. The van der Waals surface area contributed by atoms with Gasteiger partial charge in [-0.2, -0.15) is 0 Å². The molecular weight excluding hydrogens is 246 g/mol. The van der Waals surface area contributed by atoms with Crippen LogP contribution in [0.15, 0.2) is 24.3 Å². The monoisotopic (exact) mass is 263 g/mol. The molecule has 1 aromatic rings. The largest absolute Gasteiger partial charge is 0.479 e. The summed E-state index contributed by atoms with van der Waals surface area (Å²) in [5, 5.41) is 8.97. The van der Waals surface area contributed by atoms with Gasteiger partial charge in [0, 0.05) is 24.7 Å². The zero-order valence-electron chi connectivity index (χ0n) is 10.8. The summed E-state index contributed by atoms with van der Waals surface area (Å²) in [6.45, 7) is 2.46. The average molecular weight is 263 g/mol. The van der Waals surface area contributed by atoms with Crippen LogP contribution in [0.3, 0.4) is 0 Å². The van der Waals surface area contributed by atoms with E-state index in [-0.39, 0.29) is 5.91 Å². The quantitative estimate of drug-likeness (QED) is 0.883. The highest BCUT2D eigenvalue weighted by Gasteiger charge is 2.22. The van der Waals surface area contributed by atoms with Crippen LogP contribution in [-0.2, 0) is 9.59 Å². The van der Waals surface area contributed by atoms with Gasteiger partial charge in [-0.25, -0.2) is 4.79 Å². The van der Waals surface area contributed by atoms with Gasteiger partial charge in [0.1, 0.15) is 5.75 Å². The maximum absolute atomic E-state index is 11.7. The van der Waals surface area contributed by atoms with Crippen LogP contribution in [0, 0.1) is 0 Å². The molecule has 1 N–H and O–H groups in total. The highest BCUT2D eigenvalue weighted by Crippen LogP contribution is 2.26. The summed E-state index contributed by atoms with van der Waals surface area (Å²) in [5.74, 6) is -0.404. The second kappa shape index (κ2) is 5.73. The molecule has 2 rings (SSSR count). The fraction of sp³-hybridized carbons (Fsp3) is 0.429. The zero-order valence-corrected chi connectivity index (χ0v) is 10.8. The van der Waals surface area contributed by atoms with Gasteiger partial charge in [-0.1, -0.05) is 13.0 Å². The minimum Gasteiger partial charge on any atom is -0.479 e. The van der Waals surface area contributed by atoms with E-state index in [2.05, 4.69) is 0 Å². The van der Waals surface area contributed by atoms with Crippen molar-refractivity contribution in [1.82, 2.24) is 0 Å². The molecule has 0 saturated carbocycles. The molecule has 1 amide bonds. The first-order valence-corrected chi connectivity index (χ1v) is 6.41. The van der Waals surface area contributed by atoms with Gasteiger partial charge in [0.05, 0.1) is 0 Å². The first-order chi connectivity index (χ1) is 9.11. The number of carbonyl (C=O) groups is 2. The second-order valence-corrected chi connectivity index (χ2v) is 4.50. The molecule has 1 atom stereocenters. The highest BCUT2D eigenvalue weighted by molar-refractivity contribution is 5.95. The number of anilines is 1. The fourth-order valence-corrected chi connectivity index (χ4v) is 2.12. The molecule has 1 aliphatic heterocycles. The van der Waals surface area contributed by atoms with Crippen LogP contribution < -0.4 is 9.64 Å². The summed E-state index contributed by atoms with van der Waals surface area (Å²) in [5.41, 5.74) is 0.764. The van der Waals surface area contributed by atoms with Crippen LogP contribution in [0.25, 0.3) is 0 Å². The molecular formula is C14H17NO4. The predicted molar refractivity (Wildman–Crippen MR) is 70.4 cm³/mol. The molecule has 102 valence electrons. The number of benzene rings is 1. The minimum atomic E-state index is -0.981. The van der Waals surface area contributed by atoms with Crippen molar-refractivity contribution in [2.75, 3.05) is 11.4 Å². The molecule has 5 nitrogen and oxygen atoms in total. The number of hydrogen-bond donors (Lipinski definition) is 1. The molecule has 0 bridgehead atoms. The topological polar surface area (TPSA) is 66.8 Å².